The second-order valence-electron chi connectivity index (χ2n) is 4.94. The molecule has 0 heterocycles. The van der Waals surface area contributed by atoms with Gasteiger partial charge < -0.3 is 14.7 Å². The Kier molecular flexibility index (Phi) is 8.43. The molecule has 0 aliphatic carbocycles. The fourth-order valence-electron chi connectivity index (χ4n) is 1.94. The van der Waals surface area contributed by atoms with Gasteiger partial charge in [-0.1, -0.05) is 42.5 Å². The maximum atomic E-state index is 11.9. The number of hydrogen-bond acceptors (Lipinski definition) is 5. The average molecular weight is 343 g/mol. The van der Waals surface area contributed by atoms with E-state index in [-0.39, 0.29) is 6.61 Å². The SMILES string of the molecule is CC=[NH+][O-].COC(=O)C(=O)c1ccccc1COc1ccccc1C. The third-order valence-corrected chi connectivity index (χ3v) is 3.23. The predicted octanol–water partition coefficient (Wildman–Crippen LogP) is 1.59. The van der Waals surface area contributed by atoms with Gasteiger partial charge in [-0.3, -0.25) is 4.79 Å². The van der Waals surface area contributed by atoms with E-state index in [1.54, 1.807) is 36.3 Å². The Labute approximate surface area is 146 Å². The topological polar surface area (TPSA) is 89.6 Å². The number of rotatable bonds is 5. The molecule has 0 unspecified atom stereocenters. The van der Waals surface area contributed by atoms with Crippen molar-refractivity contribution in [1.82, 2.24) is 0 Å². The quantitative estimate of drug-likeness (QED) is 0.222. The van der Waals surface area contributed by atoms with E-state index in [0.717, 1.165) is 11.3 Å². The van der Waals surface area contributed by atoms with E-state index in [1.165, 1.54) is 13.3 Å². The number of benzene rings is 2. The monoisotopic (exact) mass is 343 g/mol. The first-order valence-corrected chi connectivity index (χ1v) is 7.59. The average Bonchev–Trinajstić information content (AvgIpc) is 2.66. The van der Waals surface area contributed by atoms with Crippen LogP contribution in [0.25, 0.3) is 0 Å². The molecular weight excluding hydrogens is 322 g/mol. The van der Waals surface area contributed by atoms with Gasteiger partial charge in [-0.2, -0.15) is 0 Å². The van der Waals surface area contributed by atoms with Crippen molar-refractivity contribution in [2.75, 3.05) is 7.11 Å². The lowest BCUT2D eigenvalue weighted by Crippen LogP contribution is -2.59. The van der Waals surface area contributed by atoms with Crippen LogP contribution >= 0.6 is 0 Å². The van der Waals surface area contributed by atoms with E-state index in [1.807, 2.05) is 31.2 Å². The van der Waals surface area contributed by atoms with Gasteiger partial charge in [0.1, 0.15) is 18.6 Å². The number of methoxy groups -OCH3 is 1. The molecular formula is C19H21NO5. The summed E-state index contributed by atoms with van der Waals surface area (Å²) in [7, 11) is 1.19. The number of para-hydroxylation sites is 1. The molecule has 0 saturated heterocycles. The molecule has 1 N–H and O–H groups in total. The zero-order chi connectivity index (χ0) is 18.7. The maximum absolute atomic E-state index is 11.9. The highest BCUT2D eigenvalue weighted by Crippen LogP contribution is 2.19. The molecule has 132 valence electrons. The number of carbonyl (C=O) groups is 2. The van der Waals surface area contributed by atoms with Crippen LogP contribution in [-0.2, 0) is 16.1 Å². The van der Waals surface area contributed by atoms with Crippen molar-refractivity contribution in [3.8, 4) is 5.75 Å². The van der Waals surface area contributed by atoms with Crippen molar-refractivity contribution in [2.24, 2.45) is 0 Å². The van der Waals surface area contributed by atoms with Crippen LogP contribution in [0, 0.1) is 12.1 Å². The van der Waals surface area contributed by atoms with Crippen molar-refractivity contribution >= 4 is 18.0 Å². The molecule has 0 fully saturated rings. The van der Waals surface area contributed by atoms with Gasteiger partial charge in [0.25, 0.3) is 5.78 Å². The molecule has 0 aromatic heterocycles. The van der Waals surface area contributed by atoms with Crippen LogP contribution < -0.4 is 9.89 Å². The van der Waals surface area contributed by atoms with Crippen LogP contribution in [0.2, 0.25) is 0 Å². The lowest BCUT2D eigenvalue weighted by molar-refractivity contribution is -0.367. The summed E-state index contributed by atoms with van der Waals surface area (Å²) in [5.41, 5.74) is 1.96. The minimum atomic E-state index is -0.877. The van der Waals surface area contributed by atoms with Gasteiger partial charge in [0.05, 0.1) is 7.11 Å². The van der Waals surface area contributed by atoms with Gasteiger partial charge >= 0.3 is 5.97 Å². The lowest BCUT2D eigenvalue weighted by Gasteiger charge is -2.11. The highest BCUT2D eigenvalue weighted by molar-refractivity contribution is 6.40. The van der Waals surface area contributed by atoms with E-state index in [4.69, 9.17) is 9.94 Å². The van der Waals surface area contributed by atoms with Crippen LogP contribution in [0.1, 0.15) is 28.4 Å². The number of hydrogen-bond donors (Lipinski definition) is 1. The Morgan fingerprint density at radius 1 is 1.12 bits per heavy atom. The van der Waals surface area contributed by atoms with Crippen molar-refractivity contribution in [1.29, 1.82) is 0 Å². The van der Waals surface area contributed by atoms with E-state index in [2.05, 4.69) is 4.74 Å². The first-order chi connectivity index (χ1) is 12.0. The zero-order valence-electron chi connectivity index (χ0n) is 14.4. The summed E-state index contributed by atoms with van der Waals surface area (Å²) in [6.45, 7) is 3.79. The highest BCUT2D eigenvalue weighted by atomic mass is 16.5. The highest BCUT2D eigenvalue weighted by Gasteiger charge is 2.19. The molecule has 0 aliphatic rings. The number of Topliss-reactive ketones (excluding diaryl/α,β-unsaturated/α-hetero) is 1. The number of carbonyl (C=O) groups excluding carboxylic acids is 2. The summed E-state index contributed by atoms with van der Waals surface area (Å²) < 4.78 is 10.2. The van der Waals surface area contributed by atoms with E-state index < -0.39 is 11.8 Å². The largest absolute Gasteiger partial charge is 0.626 e. The van der Waals surface area contributed by atoms with Crippen LogP contribution in [0.4, 0.5) is 0 Å². The Bertz CT molecular complexity index is 736. The second kappa shape index (κ2) is 10.6. The van der Waals surface area contributed by atoms with E-state index >= 15 is 0 Å². The first-order valence-electron chi connectivity index (χ1n) is 7.59. The number of esters is 1. The third-order valence-electron chi connectivity index (χ3n) is 3.23. The smallest absolute Gasteiger partial charge is 0.379 e. The van der Waals surface area contributed by atoms with Gasteiger partial charge in [-0.25, -0.2) is 9.95 Å². The summed E-state index contributed by atoms with van der Waals surface area (Å²) in [5.74, 6) is -0.794. The molecule has 6 heteroatoms. The molecule has 0 atom stereocenters. The molecule has 0 aliphatic heterocycles. The van der Waals surface area contributed by atoms with Crippen LogP contribution in [0.5, 0.6) is 5.75 Å². The van der Waals surface area contributed by atoms with Crippen LogP contribution in [-0.4, -0.2) is 25.1 Å². The van der Waals surface area contributed by atoms with Crippen molar-refractivity contribution < 1.29 is 24.2 Å². The maximum Gasteiger partial charge on any atom is 0.379 e. The van der Waals surface area contributed by atoms with Gasteiger partial charge in [0.15, 0.2) is 0 Å². The Morgan fingerprint density at radius 2 is 1.72 bits per heavy atom. The van der Waals surface area contributed by atoms with Crippen molar-refractivity contribution in [3.05, 3.63) is 70.4 Å². The molecule has 2 aromatic rings. The van der Waals surface area contributed by atoms with E-state index in [0.29, 0.717) is 11.1 Å². The standard InChI is InChI=1S/C17H16O4.C2H5NO/c1-12-7-3-6-10-15(12)21-11-13-8-4-5-9-14(13)16(18)17(19)20-2;1-2-3-4/h3-10H,11H2,1-2H3;2-3H,1H3. The third kappa shape index (κ3) is 6.10. The van der Waals surface area contributed by atoms with E-state index in [9.17, 15) is 9.59 Å². The molecule has 6 nitrogen and oxygen atoms in total. The van der Waals surface area contributed by atoms with Gasteiger partial charge in [0, 0.05) is 18.1 Å². The second-order valence-corrected chi connectivity index (χ2v) is 4.94. The van der Waals surface area contributed by atoms with Crippen molar-refractivity contribution in [2.45, 2.75) is 20.5 Å². The molecule has 0 amide bonds. The Balaban J connectivity index is 0.000000705. The van der Waals surface area contributed by atoms with Gasteiger partial charge in [0.2, 0.25) is 0 Å². The predicted molar refractivity (Wildman–Crippen MR) is 94.4 cm³/mol. The molecule has 25 heavy (non-hydrogen) atoms. The van der Waals surface area contributed by atoms with Crippen LogP contribution in [0.3, 0.4) is 0 Å². The van der Waals surface area contributed by atoms with Gasteiger partial charge in [-0.15, -0.1) is 0 Å². The molecule has 2 aromatic carbocycles. The number of nitrogens with one attached hydrogen (secondary N) is 1. The van der Waals surface area contributed by atoms with Crippen LogP contribution in [0.15, 0.2) is 48.5 Å². The number of ether oxygens (including phenoxy) is 2. The number of ketones is 1. The van der Waals surface area contributed by atoms with Crippen molar-refractivity contribution in [3.63, 3.8) is 0 Å². The zero-order valence-corrected chi connectivity index (χ0v) is 14.4. The summed E-state index contributed by atoms with van der Waals surface area (Å²) in [6.07, 6.45) is 1.32. The fourth-order valence-corrected chi connectivity index (χ4v) is 1.94. The summed E-state index contributed by atoms with van der Waals surface area (Å²) in [5, 5.41) is 10.5. The number of aryl methyl sites for hydroxylation is 1. The van der Waals surface area contributed by atoms with Gasteiger partial charge in [-0.05, 0) is 18.6 Å². The minimum absolute atomic E-state index is 0.212. The Hall–Kier alpha value is -3.15. The minimum Gasteiger partial charge on any atom is -0.626 e. The molecule has 0 spiro atoms. The fraction of sp³-hybridized carbons (Fsp3) is 0.211. The Morgan fingerprint density at radius 3 is 2.32 bits per heavy atom. The summed E-state index contributed by atoms with van der Waals surface area (Å²) >= 11 is 0. The summed E-state index contributed by atoms with van der Waals surface area (Å²) in [4.78, 5) is 23.3. The molecule has 0 bridgehead atoms. The summed E-state index contributed by atoms with van der Waals surface area (Å²) in [6, 6.07) is 14.5. The molecule has 0 radical (unpaired) electrons. The lowest BCUT2D eigenvalue weighted by atomic mass is 10.0. The first kappa shape index (κ1) is 19.9. The normalized spacial score (nSPS) is 9.88. The molecule has 0 saturated carbocycles. The molecule has 2 rings (SSSR count).